The molecule has 1 aromatic carbocycles. The Bertz CT molecular complexity index is 1610. The average molecular weight is 1330 g/mol. The van der Waals surface area contributed by atoms with Crippen LogP contribution in [0.15, 0.2) is 314 Å². The van der Waals surface area contributed by atoms with E-state index >= 15 is 0 Å². The molecule has 0 aliphatic rings. The summed E-state index contributed by atoms with van der Waals surface area (Å²) in [5, 5.41) is 14.0. The molecule has 11 aromatic heterocycles. The predicted molar refractivity (Wildman–Crippen MR) is 414 cm³/mol. The van der Waals surface area contributed by atoms with Gasteiger partial charge in [0.15, 0.2) is 0 Å². The fourth-order valence-electron chi connectivity index (χ4n) is 3.25. The molecule has 0 bridgehead atoms. The van der Waals surface area contributed by atoms with Gasteiger partial charge in [-0.25, -0.2) is 49.8 Å². The first-order valence-electron chi connectivity index (χ1n) is 32.9. The van der Waals surface area contributed by atoms with E-state index in [0.29, 0.717) is 0 Å². The van der Waals surface area contributed by atoms with Gasteiger partial charge in [-0.3, -0.25) is 34.9 Å². The van der Waals surface area contributed by atoms with Crippen molar-refractivity contribution in [2.75, 3.05) is 0 Å². The molecule has 21 heteroatoms. The lowest BCUT2D eigenvalue weighted by atomic mass is 10.4. The number of hydrogen-bond acceptors (Lipinski definition) is 21. The standard InChI is InChI=1S/C6H6.3C5H5N.6C4H4N2.2C3H3N3.12C2H6.CH4/c4*1-2-4-6-5-3-1;2*1-2-6-4-3-5-1;3*1-2-5-4-6-3-1;1-2-4-6-5-3-1;1-4-2-6-3-5-1;1-2-5-6-3-4-1;12*1-2;/h1-6H;3*1-5H;6*1-4H;2*1-3H;12*1-2H3;1H4. The molecule has 11 heterocycles. The van der Waals surface area contributed by atoms with Crippen molar-refractivity contribution < 1.29 is 0 Å². The summed E-state index contributed by atoms with van der Waals surface area (Å²) in [7, 11) is 0. The third-order valence-electron chi connectivity index (χ3n) is 6.04. The van der Waals surface area contributed by atoms with E-state index in [1.54, 1.807) is 161 Å². The van der Waals surface area contributed by atoms with Gasteiger partial charge in [-0.05, 0) is 66.7 Å². The highest BCUT2D eigenvalue weighted by Crippen LogP contribution is 1.80. The van der Waals surface area contributed by atoms with Crippen LogP contribution in [0.2, 0.25) is 0 Å². The molecule has 0 unspecified atom stereocenters. The summed E-state index contributed by atoms with van der Waals surface area (Å²) in [6.07, 6.45) is 50.3. The number of hydrogen-bond donors (Lipinski definition) is 0. The smallest absolute Gasteiger partial charge is 0.138 e. The highest BCUT2D eigenvalue weighted by atomic mass is 15.1. The van der Waals surface area contributed by atoms with Crippen molar-refractivity contribution >= 4 is 0 Å². The van der Waals surface area contributed by atoms with Crippen LogP contribution in [0, 0.1) is 0 Å². The topological polar surface area (TPSA) is 271 Å². The van der Waals surface area contributed by atoms with E-state index in [2.05, 4.69) is 105 Å². The number of aromatic nitrogens is 21. The Labute approximate surface area is 590 Å². The van der Waals surface area contributed by atoms with Crippen molar-refractivity contribution in [1.29, 1.82) is 0 Å². The van der Waals surface area contributed by atoms with Crippen LogP contribution in [0.4, 0.5) is 0 Å². The lowest BCUT2D eigenvalue weighted by molar-refractivity contribution is 0.969. The van der Waals surface area contributed by atoms with E-state index in [0.717, 1.165) is 0 Å². The molecule has 0 atom stereocenters. The molecule has 97 heavy (non-hydrogen) atoms. The van der Waals surface area contributed by atoms with E-state index in [9.17, 15) is 0 Å². The van der Waals surface area contributed by atoms with Crippen LogP contribution in [-0.2, 0) is 0 Å². The van der Waals surface area contributed by atoms with Crippen molar-refractivity contribution in [3.63, 3.8) is 0 Å². The van der Waals surface area contributed by atoms with E-state index in [-0.39, 0.29) is 7.43 Å². The number of benzene rings is 1. The van der Waals surface area contributed by atoms with E-state index in [1.807, 2.05) is 269 Å². The summed E-state index contributed by atoms with van der Waals surface area (Å²) in [6.45, 7) is 48.0. The molecule has 0 aliphatic heterocycles. The van der Waals surface area contributed by atoms with Crippen LogP contribution >= 0.6 is 0 Å². The third-order valence-corrected chi connectivity index (χ3v) is 6.04. The minimum atomic E-state index is 0. The lowest BCUT2D eigenvalue weighted by Gasteiger charge is -1.70. The van der Waals surface area contributed by atoms with Crippen molar-refractivity contribution in [2.45, 2.75) is 174 Å². The van der Waals surface area contributed by atoms with Gasteiger partial charge in [0.25, 0.3) is 0 Å². The van der Waals surface area contributed by atoms with Gasteiger partial charge >= 0.3 is 0 Å². The second kappa shape index (κ2) is 161. The fraction of sp³-hybridized carbons (Fsp3) is 0.329. The normalized spacial score (nSPS) is 6.68. The van der Waals surface area contributed by atoms with Gasteiger partial charge in [0.1, 0.15) is 44.3 Å². The first-order chi connectivity index (χ1) is 48.0. The zero-order valence-corrected chi connectivity index (χ0v) is 62.8. The number of rotatable bonds is 0. The largest absolute Gasteiger partial charge is 0.265 e. The van der Waals surface area contributed by atoms with Crippen molar-refractivity contribution in [3.8, 4) is 0 Å². The molecule has 0 radical (unpaired) electrons. The molecule has 536 valence electrons. The van der Waals surface area contributed by atoms with Gasteiger partial charge < -0.3 is 0 Å². The molecule has 0 amide bonds. The molecule has 0 aliphatic carbocycles. The first kappa shape index (κ1) is 117. The maximum Gasteiger partial charge on any atom is 0.138 e. The Kier molecular flexibility index (Phi) is 194. The van der Waals surface area contributed by atoms with Gasteiger partial charge in [0, 0.05) is 143 Å². The summed E-state index contributed by atoms with van der Waals surface area (Å²) in [5.41, 5.74) is 0. The molecule has 0 saturated heterocycles. The quantitative estimate of drug-likeness (QED) is 0.136. The Balaban J connectivity index is -0.0000000701. The minimum Gasteiger partial charge on any atom is -0.265 e. The second-order valence-corrected chi connectivity index (χ2v) is 11.2. The van der Waals surface area contributed by atoms with Gasteiger partial charge in [-0.2, -0.15) is 15.3 Å². The molecule has 21 nitrogen and oxygen atoms in total. The van der Waals surface area contributed by atoms with Crippen LogP contribution in [-0.4, -0.2) is 105 Å². The zero-order valence-electron chi connectivity index (χ0n) is 62.8. The number of pyridine rings is 3. The van der Waals surface area contributed by atoms with Crippen molar-refractivity contribution in [2.24, 2.45) is 0 Å². The highest BCUT2D eigenvalue weighted by Gasteiger charge is 1.65. The van der Waals surface area contributed by atoms with Crippen LogP contribution < -0.4 is 0 Å². The van der Waals surface area contributed by atoms with E-state index in [1.165, 1.54) is 50.5 Å². The van der Waals surface area contributed by atoms with Gasteiger partial charge in [-0.15, -0.1) is 5.10 Å². The third kappa shape index (κ3) is 157. The Morgan fingerprint density at radius 2 is 0.247 bits per heavy atom. The molecular formula is C76H127N21. The Morgan fingerprint density at radius 1 is 0.103 bits per heavy atom. The molecule has 0 fully saturated rings. The van der Waals surface area contributed by atoms with E-state index in [4.69, 9.17) is 0 Å². The van der Waals surface area contributed by atoms with Crippen LogP contribution in [0.5, 0.6) is 0 Å². The van der Waals surface area contributed by atoms with Crippen molar-refractivity contribution in [1.82, 2.24) is 105 Å². The molecule has 0 spiro atoms. The van der Waals surface area contributed by atoms with Gasteiger partial charge in [0.05, 0.1) is 6.20 Å². The Morgan fingerprint density at radius 3 is 0.320 bits per heavy atom. The van der Waals surface area contributed by atoms with Crippen LogP contribution in [0.1, 0.15) is 174 Å². The van der Waals surface area contributed by atoms with Gasteiger partial charge in [0.2, 0.25) is 0 Å². The molecular weight excluding hydrogens is 1210 g/mol. The summed E-state index contributed by atoms with van der Waals surface area (Å²) in [4.78, 5) is 62.6. The summed E-state index contributed by atoms with van der Waals surface area (Å²) < 4.78 is 0. The Hall–Kier alpha value is -10.8. The SMILES string of the molecule is C.CC.CC.CC.CC.CC.CC.CC.CC.CC.CC.CC.CC.c1ccccc1.c1ccncc1.c1ccncc1.c1ccncc1.c1ccnnc1.c1cnccn1.c1cnccn1.c1cncnc1.c1cncnc1.c1cncnc1.c1cnncn1.c1ncncn1. The molecule has 0 N–H and O–H groups in total. The van der Waals surface area contributed by atoms with Crippen LogP contribution in [0.3, 0.4) is 0 Å². The monoisotopic (exact) mass is 1330 g/mol. The van der Waals surface area contributed by atoms with Gasteiger partial charge in [-0.1, -0.05) is 228 Å². The fourth-order valence-corrected chi connectivity index (χ4v) is 3.25. The summed E-state index contributed by atoms with van der Waals surface area (Å²) in [6, 6.07) is 38.1. The second-order valence-electron chi connectivity index (χ2n) is 11.2. The lowest BCUT2D eigenvalue weighted by Crippen LogP contribution is -1.75. The van der Waals surface area contributed by atoms with E-state index < -0.39 is 0 Å². The molecule has 12 aromatic rings. The predicted octanol–water partition coefficient (Wildman–Crippen LogP) is 20.5. The molecule has 0 saturated carbocycles. The highest BCUT2D eigenvalue weighted by molar-refractivity contribution is 4.99. The minimum absolute atomic E-state index is 0. The maximum absolute atomic E-state index is 3.78. The maximum atomic E-state index is 3.78. The number of nitrogens with zero attached hydrogens (tertiary/aromatic N) is 21. The average Bonchev–Trinajstić information content (AvgIpc) is 3.77. The molecule has 12 rings (SSSR count). The summed E-state index contributed by atoms with van der Waals surface area (Å²) in [5.74, 6) is 0. The first-order valence-corrected chi connectivity index (χ1v) is 32.9. The van der Waals surface area contributed by atoms with Crippen molar-refractivity contribution in [3.05, 3.63) is 314 Å². The van der Waals surface area contributed by atoms with Crippen LogP contribution in [0.25, 0.3) is 0 Å². The summed E-state index contributed by atoms with van der Waals surface area (Å²) >= 11 is 0. The zero-order chi connectivity index (χ0) is 74.9.